The summed E-state index contributed by atoms with van der Waals surface area (Å²) in [5.74, 6) is -0.193. The van der Waals surface area contributed by atoms with Gasteiger partial charge < -0.3 is 10.6 Å². The summed E-state index contributed by atoms with van der Waals surface area (Å²) < 4.78 is 0. The highest BCUT2D eigenvalue weighted by Gasteiger charge is 2.23. The maximum atomic E-state index is 11.9. The first-order valence-electron chi connectivity index (χ1n) is 6.65. The molecule has 2 N–H and O–H groups in total. The van der Waals surface area contributed by atoms with Crippen LogP contribution in [0.4, 0.5) is 0 Å². The summed E-state index contributed by atoms with van der Waals surface area (Å²) in [7, 11) is 0. The molecule has 0 bridgehead atoms. The van der Waals surface area contributed by atoms with Gasteiger partial charge in [-0.25, -0.2) is 0 Å². The molecule has 0 spiro atoms. The zero-order valence-corrected chi connectivity index (χ0v) is 11.8. The fourth-order valence-electron chi connectivity index (χ4n) is 1.82. The van der Waals surface area contributed by atoms with Crippen molar-refractivity contribution in [1.29, 1.82) is 0 Å². The van der Waals surface area contributed by atoms with Crippen LogP contribution in [-0.4, -0.2) is 24.4 Å². The van der Waals surface area contributed by atoms with Crippen molar-refractivity contribution >= 4 is 11.8 Å². The average molecular weight is 262 g/mol. The van der Waals surface area contributed by atoms with Crippen molar-refractivity contribution < 1.29 is 9.59 Å². The van der Waals surface area contributed by atoms with Crippen LogP contribution in [0.5, 0.6) is 0 Å². The SMILES string of the molecule is CCNC(=O)[C@@H](NC(=O)Cc1ccccc1)C(C)C. The molecule has 0 unspecified atom stereocenters. The molecule has 0 aliphatic carbocycles. The van der Waals surface area contributed by atoms with Gasteiger partial charge in [-0.05, 0) is 18.4 Å². The number of amides is 2. The van der Waals surface area contributed by atoms with Gasteiger partial charge in [-0.15, -0.1) is 0 Å². The number of hydrogen-bond acceptors (Lipinski definition) is 2. The van der Waals surface area contributed by atoms with Crippen LogP contribution in [-0.2, 0) is 16.0 Å². The van der Waals surface area contributed by atoms with Gasteiger partial charge in [-0.2, -0.15) is 0 Å². The van der Waals surface area contributed by atoms with Crippen LogP contribution in [0.2, 0.25) is 0 Å². The Hall–Kier alpha value is -1.84. The Balaban J connectivity index is 2.59. The van der Waals surface area contributed by atoms with Crippen molar-refractivity contribution in [3.05, 3.63) is 35.9 Å². The van der Waals surface area contributed by atoms with E-state index in [9.17, 15) is 9.59 Å². The Morgan fingerprint density at radius 3 is 2.32 bits per heavy atom. The van der Waals surface area contributed by atoms with Crippen molar-refractivity contribution in [2.24, 2.45) is 5.92 Å². The minimum atomic E-state index is -0.476. The standard InChI is InChI=1S/C15H22N2O2/c1-4-16-15(19)14(11(2)3)17-13(18)10-12-8-6-5-7-9-12/h5-9,11,14H,4,10H2,1-3H3,(H,16,19)(H,17,18)/t14-/m0/s1. The lowest BCUT2D eigenvalue weighted by molar-refractivity contribution is -0.129. The van der Waals surface area contributed by atoms with Crippen molar-refractivity contribution in [3.8, 4) is 0 Å². The van der Waals surface area contributed by atoms with Crippen molar-refractivity contribution in [1.82, 2.24) is 10.6 Å². The normalized spacial score (nSPS) is 12.0. The van der Waals surface area contributed by atoms with Crippen LogP contribution < -0.4 is 10.6 Å². The third-order valence-corrected chi connectivity index (χ3v) is 2.82. The highest BCUT2D eigenvalue weighted by atomic mass is 16.2. The molecule has 4 heteroatoms. The van der Waals surface area contributed by atoms with E-state index in [2.05, 4.69) is 10.6 Å². The first kappa shape index (κ1) is 15.2. The van der Waals surface area contributed by atoms with Gasteiger partial charge in [-0.3, -0.25) is 9.59 Å². The molecule has 0 heterocycles. The van der Waals surface area contributed by atoms with Crippen LogP contribution >= 0.6 is 0 Å². The fraction of sp³-hybridized carbons (Fsp3) is 0.467. The minimum Gasteiger partial charge on any atom is -0.355 e. The van der Waals surface area contributed by atoms with E-state index in [1.54, 1.807) is 0 Å². The molecule has 4 nitrogen and oxygen atoms in total. The monoisotopic (exact) mass is 262 g/mol. The summed E-state index contributed by atoms with van der Waals surface area (Å²) >= 11 is 0. The number of likely N-dealkylation sites (N-methyl/N-ethyl adjacent to an activating group) is 1. The molecule has 19 heavy (non-hydrogen) atoms. The molecule has 0 radical (unpaired) electrons. The molecule has 104 valence electrons. The lowest BCUT2D eigenvalue weighted by atomic mass is 10.0. The largest absolute Gasteiger partial charge is 0.355 e. The lowest BCUT2D eigenvalue weighted by Crippen LogP contribution is -2.50. The summed E-state index contributed by atoms with van der Waals surface area (Å²) in [6.45, 7) is 6.27. The van der Waals surface area contributed by atoms with Crippen LogP contribution in [0, 0.1) is 5.92 Å². The fourth-order valence-corrected chi connectivity index (χ4v) is 1.82. The van der Waals surface area contributed by atoms with Gasteiger partial charge in [0.15, 0.2) is 0 Å². The van der Waals surface area contributed by atoms with Gasteiger partial charge in [-0.1, -0.05) is 44.2 Å². The Morgan fingerprint density at radius 1 is 1.16 bits per heavy atom. The van der Waals surface area contributed by atoms with Gasteiger partial charge in [0.05, 0.1) is 6.42 Å². The molecule has 0 fully saturated rings. The highest BCUT2D eigenvalue weighted by molar-refractivity contribution is 5.88. The summed E-state index contributed by atoms with van der Waals surface area (Å²) in [5.41, 5.74) is 0.943. The predicted molar refractivity (Wildman–Crippen MR) is 75.6 cm³/mol. The third kappa shape index (κ3) is 5.12. The van der Waals surface area contributed by atoms with Gasteiger partial charge in [0, 0.05) is 6.54 Å². The molecule has 0 saturated heterocycles. The summed E-state index contributed by atoms with van der Waals surface area (Å²) in [6.07, 6.45) is 0.295. The zero-order chi connectivity index (χ0) is 14.3. The lowest BCUT2D eigenvalue weighted by Gasteiger charge is -2.21. The molecule has 0 aromatic heterocycles. The summed E-state index contributed by atoms with van der Waals surface area (Å²) in [5, 5.41) is 5.54. The smallest absolute Gasteiger partial charge is 0.242 e. The molecule has 1 aromatic carbocycles. The van der Waals surface area contributed by atoms with Gasteiger partial charge in [0.25, 0.3) is 0 Å². The quantitative estimate of drug-likeness (QED) is 0.816. The first-order chi connectivity index (χ1) is 9.04. The molecule has 1 aromatic rings. The first-order valence-corrected chi connectivity index (χ1v) is 6.65. The van der Waals surface area contributed by atoms with E-state index < -0.39 is 6.04 Å². The van der Waals surface area contributed by atoms with Gasteiger partial charge >= 0.3 is 0 Å². The van der Waals surface area contributed by atoms with E-state index in [1.165, 1.54) is 0 Å². The second-order valence-electron chi connectivity index (χ2n) is 4.85. The van der Waals surface area contributed by atoms with Gasteiger partial charge in [0.1, 0.15) is 6.04 Å². The molecule has 1 rings (SSSR count). The van der Waals surface area contributed by atoms with Crippen LogP contribution in [0.1, 0.15) is 26.3 Å². The van der Waals surface area contributed by atoms with E-state index in [-0.39, 0.29) is 17.7 Å². The van der Waals surface area contributed by atoms with Crippen LogP contribution in [0.25, 0.3) is 0 Å². The van der Waals surface area contributed by atoms with E-state index in [1.807, 2.05) is 51.1 Å². The van der Waals surface area contributed by atoms with E-state index in [0.717, 1.165) is 5.56 Å². The number of rotatable bonds is 6. The number of carbonyl (C=O) groups excluding carboxylic acids is 2. The maximum absolute atomic E-state index is 11.9. The Bertz CT molecular complexity index is 415. The van der Waals surface area contributed by atoms with E-state index in [0.29, 0.717) is 13.0 Å². The summed E-state index contributed by atoms with van der Waals surface area (Å²) in [4.78, 5) is 23.8. The van der Waals surface area contributed by atoms with Gasteiger partial charge in [0.2, 0.25) is 11.8 Å². The minimum absolute atomic E-state index is 0.0614. The van der Waals surface area contributed by atoms with E-state index in [4.69, 9.17) is 0 Å². The molecule has 1 atom stereocenters. The number of nitrogens with one attached hydrogen (secondary N) is 2. The Labute approximate surface area is 114 Å². The van der Waals surface area contributed by atoms with Crippen LogP contribution in [0.15, 0.2) is 30.3 Å². The Morgan fingerprint density at radius 2 is 1.79 bits per heavy atom. The van der Waals surface area contributed by atoms with Crippen molar-refractivity contribution in [2.75, 3.05) is 6.54 Å². The predicted octanol–water partition coefficient (Wildman–Crippen LogP) is 1.51. The third-order valence-electron chi connectivity index (χ3n) is 2.82. The molecule has 0 aliphatic heterocycles. The second-order valence-corrected chi connectivity index (χ2v) is 4.85. The van der Waals surface area contributed by atoms with E-state index >= 15 is 0 Å². The number of hydrogen-bond donors (Lipinski definition) is 2. The maximum Gasteiger partial charge on any atom is 0.242 e. The molecule has 0 saturated carbocycles. The van der Waals surface area contributed by atoms with Crippen molar-refractivity contribution in [2.45, 2.75) is 33.2 Å². The molecular formula is C15H22N2O2. The molecule has 2 amide bonds. The Kier molecular flexibility index (Phi) is 6.06. The summed E-state index contributed by atoms with van der Waals surface area (Å²) in [6, 6.07) is 9.02. The zero-order valence-electron chi connectivity index (χ0n) is 11.8. The van der Waals surface area contributed by atoms with Crippen molar-refractivity contribution in [3.63, 3.8) is 0 Å². The topological polar surface area (TPSA) is 58.2 Å². The highest BCUT2D eigenvalue weighted by Crippen LogP contribution is 2.04. The number of benzene rings is 1. The average Bonchev–Trinajstić information content (AvgIpc) is 2.37. The second kappa shape index (κ2) is 7.56. The molecule has 0 aliphatic rings. The van der Waals surface area contributed by atoms with Crippen LogP contribution in [0.3, 0.4) is 0 Å². The molecular weight excluding hydrogens is 240 g/mol. The number of carbonyl (C=O) groups is 2.